The van der Waals surface area contributed by atoms with Crippen molar-refractivity contribution >= 4 is 17.6 Å². The molecular weight excluding hydrogens is 284 g/mol. The second kappa shape index (κ2) is 9.64. The van der Waals surface area contributed by atoms with E-state index in [2.05, 4.69) is 41.3 Å². The van der Waals surface area contributed by atoms with Gasteiger partial charge in [0.05, 0.1) is 0 Å². The van der Waals surface area contributed by atoms with Gasteiger partial charge in [-0.1, -0.05) is 36.7 Å². The van der Waals surface area contributed by atoms with Crippen LogP contribution >= 0.6 is 11.6 Å². The van der Waals surface area contributed by atoms with Gasteiger partial charge in [0.1, 0.15) is 0 Å². The summed E-state index contributed by atoms with van der Waals surface area (Å²) in [6.45, 7) is 10.2. The Morgan fingerprint density at radius 3 is 2.57 bits per heavy atom. The highest BCUT2D eigenvalue weighted by Gasteiger charge is 2.06. The van der Waals surface area contributed by atoms with Crippen molar-refractivity contribution in [1.82, 2.24) is 15.5 Å². The fourth-order valence-electron chi connectivity index (χ4n) is 2.14. The van der Waals surface area contributed by atoms with Gasteiger partial charge in [0.25, 0.3) is 0 Å². The maximum absolute atomic E-state index is 6.14. The second-order valence-electron chi connectivity index (χ2n) is 5.17. The van der Waals surface area contributed by atoms with E-state index in [-0.39, 0.29) is 0 Å². The summed E-state index contributed by atoms with van der Waals surface area (Å²) in [7, 11) is 1.78. The summed E-state index contributed by atoms with van der Waals surface area (Å²) < 4.78 is 0. The normalized spacial score (nSPS) is 12.0. The van der Waals surface area contributed by atoms with E-state index in [0.29, 0.717) is 12.6 Å². The van der Waals surface area contributed by atoms with Crippen LogP contribution in [0.3, 0.4) is 0 Å². The molecule has 5 heteroatoms. The van der Waals surface area contributed by atoms with Gasteiger partial charge in [0.15, 0.2) is 5.96 Å². The van der Waals surface area contributed by atoms with E-state index < -0.39 is 0 Å². The Labute approximate surface area is 133 Å². The molecule has 1 aromatic carbocycles. The minimum atomic E-state index is 0.565. The molecule has 0 radical (unpaired) electrons. The van der Waals surface area contributed by atoms with Crippen molar-refractivity contribution in [3.8, 4) is 0 Å². The number of halogens is 1. The Morgan fingerprint density at radius 1 is 1.29 bits per heavy atom. The Kier molecular flexibility index (Phi) is 8.16. The molecule has 0 spiro atoms. The van der Waals surface area contributed by atoms with Crippen molar-refractivity contribution in [3.63, 3.8) is 0 Å². The topological polar surface area (TPSA) is 39.7 Å². The minimum absolute atomic E-state index is 0.565. The zero-order valence-corrected chi connectivity index (χ0v) is 14.2. The van der Waals surface area contributed by atoms with Crippen LogP contribution in [0.4, 0.5) is 0 Å². The maximum atomic E-state index is 6.14. The standard InChI is InChI=1S/C16H27ClN4/c1-5-21(13(2)3)11-10-19-16(18-4)20-12-14-8-6-7-9-15(14)17/h6-9,13H,5,10-12H2,1-4H3,(H2,18,19,20). The van der Waals surface area contributed by atoms with Gasteiger partial charge in [-0.15, -0.1) is 0 Å². The van der Waals surface area contributed by atoms with Gasteiger partial charge in [-0.05, 0) is 32.0 Å². The summed E-state index contributed by atoms with van der Waals surface area (Å²) in [5.74, 6) is 0.801. The van der Waals surface area contributed by atoms with Gasteiger partial charge in [-0.3, -0.25) is 9.89 Å². The molecule has 0 aliphatic rings. The molecule has 1 aromatic rings. The van der Waals surface area contributed by atoms with Gasteiger partial charge in [-0.25, -0.2) is 0 Å². The number of likely N-dealkylation sites (N-methyl/N-ethyl adjacent to an activating group) is 1. The molecular formula is C16H27ClN4. The van der Waals surface area contributed by atoms with Crippen LogP contribution in [0.2, 0.25) is 5.02 Å². The molecule has 4 nitrogen and oxygen atoms in total. The summed E-state index contributed by atoms with van der Waals surface area (Å²) in [5, 5.41) is 7.39. The zero-order chi connectivity index (χ0) is 15.7. The lowest BCUT2D eigenvalue weighted by Gasteiger charge is -2.25. The Hall–Kier alpha value is -1.26. The van der Waals surface area contributed by atoms with Crippen LogP contribution in [0.1, 0.15) is 26.3 Å². The first-order valence-electron chi connectivity index (χ1n) is 7.50. The predicted molar refractivity (Wildman–Crippen MR) is 92.0 cm³/mol. The van der Waals surface area contributed by atoms with Gasteiger partial charge in [0, 0.05) is 37.7 Å². The highest BCUT2D eigenvalue weighted by molar-refractivity contribution is 6.31. The van der Waals surface area contributed by atoms with E-state index in [4.69, 9.17) is 11.6 Å². The third-order valence-electron chi connectivity index (χ3n) is 3.46. The number of aliphatic imine (C=N–C) groups is 1. The molecule has 118 valence electrons. The number of guanidine groups is 1. The SMILES string of the molecule is CCN(CCNC(=NC)NCc1ccccc1Cl)C(C)C. The number of hydrogen-bond donors (Lipinski definition) is 2. The summed E-state index contributed by atoms with van der Waals surface area (Å²) in [4.78, 5) is 6.64. The summed E-state index contributed by atoms with van der Waals surface area (Å²) >= 11 is 6.14. The molecule has 0 aliphatic heterocycles. The van der Waals surface area contributed by atoms with Crippen LogP contribution in [-0.4, -0.2) is 43.6 Å². The number of nitrogens with one attached hydrogen (secondary N) is 2. The largest absolute Gasteiger partial charge is 0.355 e. The highest BCUT2D eigenvalue weighted by atomic mass is 35.5. The van der Waals surface area contributed by atoms with E-state index in [9.17, 15) is 0 Å². The quantitative estimate of drug-likeness (QED) is 0.601. The molecule has 0 unspecified atom stereocenters. The lowest BCUT2D eigenvalue weighted by molar-refractivity contribution is 0.237. The first-order valence-corrected chi connectivity index (χ1v) is 7.88. The number of benzene rings is 1. The van der Waals surface area contributed by atoms with Crippen molar-refractivity contribution in [1.29, 1.82) is 0 Å². The van der Waals surface area contributed by atoms with Crippen molar-refractivity contribution in [3.05, 3.63) is 34.9 Å². The lowest BCUT2D eigenvalue weighted by Crippen LogP contribution is -2.42. The number of nitrogens with zero attached hydrogens (tertiary/aromatic N) is 2. The minimum Gasteiger partial charge on any atom is -0.355 e. The highest BCUT2D eigenvalue weighted by Crippen LogP contribution is 2.14. The van der Waals surface area contributed by atoms with E-state index >= 15 is 0 Å². The molecule has 2 N–H and O–H groups in total. The Morgan fingerprint density at radius 2 is 2.00 bits per heavy atom. The maximum Gasteiger partial charge on any atom is 0.191 e. The van der Waals surface area contributed by atoms with Crippen LogP contribution in [0.15, 0.2) is 29.3 Å². The third-order valence-corrected chi connectivity index (χ3v) is 3.82. The van der Waals surface area contributed by atoms with Gasteiger partial charge in [-0.2, -0.15) is 0 Å². The van der Waals surface area contributed by atoms with Crippen LogP contribution in [0.5, 0.6) is 0 Å². The summed E-state index contributed by atoms with van der Waals surface area (Å²) in [5.41, 5.74) is 1.07. The zero-order valence-electron chi connectivity index (χ0n) is 13.5. The first kappa shape index (κ1) is 17.8. The van der Waals surface area contributed by atoms with E-state index in [1.54, 1.807) is 7.05 Å². The summed E-state index contributed by atoms with van der Waals surface area (Å²) in [6.07, 6.45) is 0. The lowest BCUT2D eigenvalue weighted by atomic mass is 10.2. The van der Waals surface area contributed by atoms with E-state index in [0.717, 1.165) is 36.2 Å². The van der Waals surface area contributed by atoms with Gasteiger partial charge in [0.2, 0.25) is 0 Å². The monoisotopic (exact) mass is 310 g/mol. The van der Waals surface area contributed by atoms with Crippen LogP contribution in [0.25, 0.3) is 0 Å². The smallest absolute Gasteiger partial charge is 0.191 e. The Balaban J connectivity index is 2.38. The third kappa shape index (κ3) is 6.36. The molecule has 0 atom stereocenters. The van der Waals surface area contributed by atoms with E-state index in [1.165, 1.54) is 0 Å². The second-order valence-corrected chi connectivity index (χ2v) is 5.57. The molecule has 0 heterocycles. The predicted octanol–water partition coefficient (Wildman–Crippen LogP) is 2.74. The molecule has 0 bridgehead atoms. The van der Waals surface area contributed by atoms with Crippen molar-refractivity contribution in [2.24, 2.45) is 4.99 Å². The van der Waals surface area contributed by atoms with E-state index in [1.807, 2.05) is 24.3 Å². The molecule has 0 saturated heterocycles. The van der Waals surface area contributed by atoms with Crippen LogP contribution in [-0.2, 0) is 6.54 Å². The Bertz CT molecular complexity index is 446. The summed E-state index contributed by atoms with van der Waals surface area (Å²) in [6, 6.07) is 8.40. The van der Waals surface area contributed by atoms with Crippen molar-refractivity contribution in [2.45, 2.75) is 33.4 Å². The number of hydrogen-bond acceptors (Lipinski definition) is 2. The van der Waals surface area contributed by atoms with Crippen molar-refractivity contribution in [2.75, 3.05) is 26.7 Å². The molecule has 0 saturated carbocycles. The molecule has 0 fully saturated rings. The molecule has 21 heavy (non-hydrogen) atoms. The fraction of sp³-hybridized carbons (Fsp3) is 0.562. The molecule has 1 rings (SSSR count). The molecule has 0 aromatic heterocycles. The van der Waals surface area contributed by atoms with Crippen LogP contribution < -0.4 is 10.6 Å². The van der Waals surface area contributed by atoms with Crippen molar-refractivity contribution < 1.29 is 0 Å². The average molecular weight is 311 g/mol. The van der Waals surface area contributed by atoms with Crippen LogP contribution in [0, 0.1) is 0 Å². The number of rotatable bonds is 7. The molecule has 0 amide bonds. The average Bonchev–Trinajstić information content (AvgIpc) is 2.47. The fourth-order valence-corrected chi connectivity index (χ4v) is 2.34. The van der Waals surface area contributed by atoms with Gasteiger partial charge >= 0.3 is 0 Å². The first-order chi connectivity index (χ1) is 10.1. The van der Waals surface area contributed by atoms with Gasteiger partial charge < -0.3 is 10.6 Å². The molecule has 0 aliphatic carbocycles.